The van der Waals surface area contributed by atoms with E-state index in [4.69, 9.17) is 0 Å². The van der Waals surface area contributed by atoms with Crippen LogP contribution in [0.2, 0.25) is 0 Å². The van der Waals surface area contributed by atoms with Crippen molar-refractivity contribution in [2.75, 3.05) is 19.6 Å². The lowest BCUT2D eigenvalue weighted by Crippen LogP contribution is -2.38. The standard InChI is InChI=1S/C20H33N/c1-16(2)18-7-6-13-21(15-18)14-12-17-8-10-19(11-9-17)20(3,4)5/h8-11,16,18H,6-7,12-15H2,1-5H3. The van der Waals surface area contributed by atoms with Gasteiger partial charge in [-0.1, -0.05) is 58.9 Å². The Balaban J connectivity index is 1.85. The summed E-state index contributed by atoms with van der Waals surface area (Å²) in [6, 6.07) is 9.26. The van der Waals surface area contributed by atoms with Crippen LogP contribution in [0.25, 0.3) is 0 Å². The van der Waals surface area contributed by atoms with Crippen LogP contribution in [0.5, 0.6) is 0 Å². The maximum absolute atomic E-state index is 2.67. The number of piperidine rings is 1. The molecule has 1 unspecified atom stereocenters. The molecule has 0 N–H and O–H groups in total. The molecule has 1 aromatic rings. The topological polar surface area (TPSA) is 3.24 Å². The lowest BCUT2D eigenvalue weighted by Gasteiger charge is -2.34. The first kappa shape index (κ1) is 16.5. The molecule has 118 valence electrons. The normalized spacial score (nSPS) is 21.0. The van der Waals surface area contributed by atoms with E-state index in [2.05, 4.69) is 63.8 Å². The van der Waals surface area contributed by atoms with Gasteiger partial charge in [-0.3, -0.25) is 0 Å². The Hall–Kier alpha value is -0.820. The molecule has 21 heavy (non-hydrogen) atoms. The maximum Gasteiger partial charge on any atom is 0.00219 e. The van der Waals surface area contributed by atoms with Gasteiger partial charge < -0.3 is 4.90 Å². The highest BCUT2D eigenvalue weighted by Gasteiger charge is 2.21. The van der Waals surface area contributed by atoms with Gasteiger partial charge in [-0.2, -0.15) is 0 Å². The highest BCUT2D eigenvalue weighted by atomic mass is 15.1. The van der Waals surface area contributed by atoms with Crippen LogP contribution in [0.3, 0.4) is 0 Å². The van der Waals surface area contributed by atoms with Gasteiger partial charge in [-0.25, -0.2) is 0 Å². The Morgan fingerprint density at radius 1 is 1.14 bits per heavy atom. The van der Waals surface area contributed by atoms with E-state index < -0.39 is 0 Å². The predicted octanol–water partition coefficient (Wildman–Crippen LogP) is 4.89. The van der Waals surface area contributed by atoms with Crippen molar-refractivity contribution in [3.63, 3.8) is 0 Å². The first-order valence-corrected chi connectivity index (χ1v) is 8.68. The van der Waals surface area contributed by atoms with Gasteiger partial charge in [0.1, 0.15) is 0 Å². The van der Waals surface area contributed by atoms with E-state index in [0.717, 1.165) is 11.8 Å². The highest BCUT2D eigenvalue weighted by Crippen LogP contribution is 2.24. The molecule has 1 heterocycles. The van der Waals surface area contributed by atoms with Crippen molar-refractivity contribution in [3.05, 3.63) is 35.4 Å². The number of hydrogen-bond acceptors (Lipinski definition) is 1. The lowest BCUT2D eigenvalue weighted by atomic mass is 9.86. The van der Waals surface area contributed by atoms with Gasteiger partial charge in [0.15, 0.2) is 0 Å². The van der Waals surface area contributed by atoms with Crippen LogP contribution < -0.4 is 0 Å². The third kappa shape index (κ3) is 4.85. The van der Waals surface area contributed by atoms with Crippen molar-refractivity contribution in [2.45, 2.75) is 59.3 Å². The van der Waals surface area contributed by atoms with Crippen LogP contribution in [0.1, 0.15) is 58.6 Å². The first-order valence-electron chi connectivity index (χ1n) is 8.68. The zero-order valence-corrected chi connectivity index (χ0v) is 14.7. The van der Waals surface area contributed by atoms with E-state index in [9.17, 15) is 0 Å². The fourth-order valence-electron chi connectivity index (χ4n) is 3.30. The summed E-state index contributed by atoms with van der Waals surface area (Å²) in [5.74, 6) is 1.74. The number of likely N-dealkylation sites (tertiary alicyclic amines) is 1. The molecule has 0 bridgehead atoms. The maximum atomic E-state index is 2.67. The van der Waals surface area contributed by atoms with Crippen LogP contribution in [0, 0.1) is 11.8 Å². The molecule has 1 heteroatoms. The first-order chi connectivity index (χ1) is 9.86. The lowest BCUT2D eigenvalue weighted by molar-refractivity contribution is 0.147. The van der Waals surface area contributed by atoms with Crippen LogP contribution >= 0.6 is 0 Å². The molecule has 1 aliphatic heterocycles. The average molecular weight is 287 g/mol. The highest BCUT2D eigenvalue weighted by molar-refractivity contribution is 5.27. The molecular formula is C20H33N. The summed E-state index contributed by atoms with van der Waals surface area (Å²) in [5, 5.41) is 0. The number of nitrogens with zero attached hydrogens (tertiary/aromatic N) is 1. The Kier molecular flexibility index (Phi) is 5.48. The fraction of sp³-hybridized carbons (Fsp3) is 0.700. The number of rotatable bonds is 4. The molecule has 0 aliphatic carbocycles. The van der Waals surface area contributed by atoms with E-state index >= 15 is 0 Å². The summed E-state index contributed by atoms with van der Waals surface area (Å²) in [4.78, 5) is 2.67. The second-order valence-corrected chi connectivity index (χ2v) is 8.14. The molecule has 1 atom stereocenters. The van der Waals surface area contributed by atoms with Gasteiger partial charge in [0.25, 0.3) is 0 Å². The summed E-state index contributed by atoms with van der Waals surface area (Å²) in [7, 11) is 0. The van der Waals surface area contributed by atoms with Crippen molar-refractivity contribution < 1.29 is 0 Å². The fourth-order valence-corrected chi connectivity index (χ4v) is 3.30. The van der Waals surface area contributed by atoms with Gasteiger partial charge in [-0.15, -0.1) is 0 Å². The Morgan fingerprint density at radius 3 is 2.38 bits per heavy atom. The molecule has 0 radical (unpaired) electrons. The van der Waals surface area contributed by atoms with Crippen LogP contribution in [-0.4, -0.2) is 24.5 Å². The summed E-state index contributed by atoms with van der Waals surface area (Å²) < 4.78 is 0. The Labute approximate surface area is 131 Å². The SMILES string of the molecule is CC(C)C1CCCN(CCc2ccc(C(C)(C)C)cc2)C1. The van der Waals surface area contributed by atoms with Crippen molar-refractivity contribution >= 4 is 0 Å². The zero-order valence-electron chi connectivity index (χ0n) is 14.7. The van der Waals surface area contributed by atoms with Gasteiger partial charge in [-0.05, 0) is 54.2 Å². The van der Waals surface area contributed by atoms with Gasteiger partial charge in [0.2, 0.25) is 0 Å². The molecule has 1 saturated heterocycles. The van der Waals surface area contributed by atoms with E-state index in [1.807, 2.05) is 0 Å². The molecule has 1 aliphatic rings. The van der Waals surface area contributed by atoms with Gasteiger partial charge in [0, 0.05) is 13.1 Å². The second kappa shape index (κ2) is 6.96. The molecule has 0 spiro atoms. The monoisotopic (exact) mass is 287 g/mol. The van der Waals surface area contributed by atoms with E-state index in [1.165, 1.54) is 50.0 Å². The van der Waals surface area contributed by atoms with E-state index in [1.54, 1.807) is 0 Å². The minimum atomic E-state index is 0.260. The minimum Gasteiger partial charge on any atom is -0.303 e. The molecule has 0 saturated carbocycles. The molecule has 0 aromatic heterocycles. The predicted molar refractivity (Wildman–Crippen MR) is 92.8 cm³/mol. The molecule has 0 amide bonds. The van der Waals surface area contributed by atoms with Gasteiger partial charge >= 0.3 is 0 Å². The minimum absolute atomic E-state index is 0.260. The van der Waals surface area contributed by atoms with E-state index in [-0.39, 0.29) is 5.41 Å². The summed E-state index contributed by atoms with van der Waals surface area (Å²) in [5.41, 5.74) is 3.18. The molecule has 1 nitrogen and oxygen atoms in total. The number of benzene rings is 1. The van der Waals surface area contributed by atoms with Crippen molar-refractivity contribution in [1.29, 1.82) is 0 Å². The van der Waals surface area contributed by atoms with Crippen molar-refractivity contribution in [2.24, 2.45) is 11.8 Å². The smallest absolute Gasteiger partial charge is 0.00219 e. The Bertz CT molecular complexity index is 424. The number of hydrogen-bond donors (Lipinski definition) is 0. The summed E-state index contributed by atoms with van der Waals surface area (Å²) in [6.07, 6.45) is 4.00. The van der Waals surface area contributed by atoms with Crippen molar-refractivity contribution in [3.8, 4) is 0 Å². The molecule has 1 fully saturated rings. The Morgan fingerprint density at radius 2 is 1.81 bits per heavy atom. The molecule has 2 rings (SSSR count). The van der Waals surface area contributed by atoms with E-state index in [0.29, 0.717) is 0 Å². The largest absolute Gasteiger partial charge is 0.303 e. The van der Waals surface area contributed by atoms with Crippen molar-refractivity contribution in [1.82, 2.24) is 4.90 Å². The van der Waals surface area contributed by atoms with Crippen LogP contribution in [0.4, 0.5) is 0 Å². The third-order valence-electron chi connectivity index (χ3n) is 5.02. The molecule has 1 aromatic carbocycles. The summed E-state index contributed by atoms with van der Waals surface area (Å²) >= 11 is 0. The zero-order chi connectivity index (χ0) is 15.5. The average Bonchev–Trinajstić information content (AvgIpc) is 2.45. The van der Waals surface area contributed by atoms with Crippen LogP contribution in [0.15, 0.2) is 24.3 Å². The summed E-state index contributed by atoms with van der Waals surface area (Å²) in [6.45, 7) is 15.4. The molecular weight excluding hydrogens is 254 g/mol. The van der Waals surface area contributed by atoms with Gasteiger partial charge in [0.05, 0.1) is 0 Å². The van der Waals surface area contributed by atoms with Crippen LogP contribution in [-0.2, 0) is 11.8 Å². The third-order valence-corrected chi connectivity index (χ3v) is 5.02. The quantitative estimate of drug-likeness (QED) is 0.761. The second-order valence-electron chi connectivity index (χ2n) is 8.14.